The zero-order valence-corrected chi connectivity index (χ0v) is 21.4. The summed E-state index contributed by atoms with van der Waals surface area (Å²) in [6, 6.07) is 5.42. The van der Waals surface area contributed by atoms with Crippen molar-refractivity contribution in [1.82, 2.24) is 5.32 Å². The van der Waals surface area contributed by atoms with Gasteiger partial charge in [-0.1, -0.05) is 20.8 Å². The van der Waals surface area contributed by atoms with Crippen LogP contribution in [0.4, 0.5) is 5.00 Å². The molecule has 1 aliphatic rings. The number of amides is 1. The van der Waals surface area contributed by atoms with Gasteiger partial charge in [-0.15, -0.1) is 11.3 Å². The molecule has 0 fully saturated rings. The van der Waals surface area contributed by atoms with Crippen LogP contribution in [0.5, 0.6) is 17.2 Å². The summed E-state index contributed by atoms with van der Waals surface area (Å²) in [6.07, 6.45) is 2.89. The Kier molecular flexibility index (Phi) is 7.50. The number of ether oxygens (including phenoxy) is 3. The van der Waals surface area contributed by atoms with Gasteiger partial charge in [0, 0.05) is 10.4 Å². The Morgan fingerprint density at radius 2 is 1.82 bits per heavy atom. The van der Waals surface area contributed by atoms with Crippen LogP contribution >= 0.6 is 23.6 Å². The smallest absolute Gasteiger partial charge is 0.257 e. The maximum Gasteiger partial charge on any atom is 0.257 e. The van der Waals surface area contributed by atoms with Crippen molar-refractivity contribution in [3.63, 3.8) is 0 Å². The lowest BCUT2D eigenvalue weighted by molar-refractivity contribution is 0.0977. The Labute approximate surface area is 204 Å². The van der Waals surface area contributed by atoms with Gasteiger partial charge in [0.2, 0.25) is 5.75 Å². The van der Waals surface area contributed by atoms with Crippen molar-refractivity contribution < 1.29 is 19.0 Å². The number of rotatable bonds is 5. The summed E-state index contributed by atoms with van der Waals surface area (Å²) in [6.45, 7) is 6.78. The molecule has 1 atom stereocenters. The summed E-state index contributed by atoms with van der Waals surface area (Å²) in [5, 5.41) is 16.3. The van der Waals surface area contributed by atoms with Crippen molar-refractivity contribution in [2.75, 3.05) is 26.6 Å². The number of anilines is 1. The van der Waals surface area contributed by atoms with Crippen molar-refractivity contribution >= 4 is 39.6 Å². The number of hydrogen-bond acceptors (Lipinski definition) is 7. The van der Waals surface area contributed by atoms with E-state index >= 15 is 0 Å². The first-order valence-electron chi connectivity index (χ1n) is 10.6. The molecule has 3 rings (SSSR count). The maximum absolute atomic E-state index is 12.8. The second-order valence-electron chi connectivity index (χ2n) is 8.95. The molecule has 2 aromatic rings. The van der Waals surface area contributed by atoms with E-state index < -0.39 is 5.91 Å². The highest BCUT2D eigenvalue weighted by atomic mass is 32.1. The van der Waals surface area contributed by atoms with Crippen LogP contribution in [0.1, 0.15) is 53.6 Å². The number of benzene rings is 1. The largest absolute Gasteiger partial charge is 0.493 e. The van der Waals surface area contributed by atoms with Crippen LogP contribution < -0.4 is 24.8 Å². The summed E-state index contributed by atoms with van der Waals surface area (Å²) in [5.41, 5.74) is 2.23. The zero-order valence-electron chi connectivity index (χ0n) is 19.8. The molecule has 1 aromatic carbocycles. The van der Waals surface area contributed by atoms with E-state index in [1.54, 1.807) is 23.5 Å². The minimum atomic E-state index is -0.431. The molecular formula is C24H29N3O4S2. The monoisotopic (exact) mass is 487 g/mol. The highest BCUT2D eigenvalue weighted by Crippen LogP contribution is 2.44. The van der Waals surface area contributed by atoms with Crippen molar-refractivity contribution in [3.05, 3.63) is 33.7 Å². The molecule has 0 bridgehead atoms. The minimum absolute atomic E-state index is 0.122. The van der Waals surface area contributed by atoms with E-state index in [1.807, 2.05) is 0 Å². The van der Waals surface area contributed by atoms with Gasteiger partial charge in [0.15, 0.2) is 16.6 Å². The number of carbonyl (C=O) groups is 1. The molecule has 0 unspecified atom stereocenters. The molecule has 1 amide bonds. The molecule has 0 radical (unpaired) electrons. The predicted octanol–water partition coefficient (Wildman–Crippen LogP) is 4.92. The third-order valence-electron chi connectivity index (χ3n) is 5.98. The number of nitriles is 1. The zero-order chi connectivity index (χ0) is 24.3. The average molecular weight is 488 g/mol. The molecule has 9 heteroatoms. The number of thiocarbonyl (C=S) groups is 1. The quantitative estimate of drug-likeness (QED) is 0.578. The molecule has 0 aliphatic heterocycles. The van der Waals surface area contributed by atoms with Crippen LogP contribution in [-0.4, -0.2) is 32.3 Å². The molecule has 0 saturated heterocycles. The summed E-state index contributed by atoms with van der Waals surface area (Å²) >= 11 is 6.93. The van der Waals surface area contributed by atoms with Gasteiger partial charge >= 0.3 is 0 Å². The first-order chi connectivity index (χ1) is 15.6. The summed E-state index contributed by atoms with van der Waals surface area (Å²) in [4.78, 5) is 14.1. The number of hydrogen-bond donors (Lipinski definition) is 2. The van der Waals surface area contributed by atoms with E-state index in [2.05, 4.69) is 37.5 Å². The average Bonchev–Trinajstić information content (AvgIpc) is 3.12. The van der Waals surface area contributed by atoms with Crippen LogP contribution in [0.2, 0.25) is 0 Å². The summed E-state index contributed by atoms with van der Waals surface area (Å²) in [7, 11) is 4.46. The fourth-order valence-electron chi connectivity index (χ4n) is 4.05. The molecule has 0 spiro atoms. The summed E-state index contributed by atoms with van der Waals surface area (Å²) in [5.74, 6) is 1.27. The second kappa shape index (κ2) is 9.98. The van der Waals surface area contributed by atoms with Crippen molar-refractivity contribution in [2.24, 2.45) is 11.3 Å². The van der Waals surface area contributed by atoms with Crippen molar-refractivity contribution in [3.8, 4) is 23.3 Å². The molecule has 0 saturated carbocycles. The number of nitrogens with zero attached hydrogens (tertiary/aromatic N) is 1. The van der Waals surface area contributed by atoms with Gasteiger partial charge in [-0.3, -0.25) is 10.1 Å². The number of fused-ring (bicyclic) bond motifs is 1. The predicted molar refractivity (Wildman–Crippen MR) is 134 cm³/mol. The number of methoxy groups -OCH3 is 3. The number of nitrogens with one attached hydrogen (secondary N) is 2. The van der Waals surface area contributed by atoms with Gasteiger partial charge in [0.25, 0.3) is 5.91 Å². The van der Waals surface area contributed by atoms with E-state index in [-0.39, 0.29) is 10.5 Å². The Hall–Kier alpha value is -2.83. The highest BCUT2D eigenvalue weighted by Gasteiger charge is 2.32. The van der Waals surface area contributed by atoms with Crippen molar-refractivity contribution in [1.29, 1.82) is 5.26 Å². The maximum atomic E-state index is 12.8. The van der Waals surface area contributed by atoms with E-state index in [0.717, 1.165) is 24.8 Å². The third-order valence-corrected chi connectivity index (χ3v) is 7.36. The van der Waals surface area contributed by atoms with Crippen LogP contribution in [0.25, 0.3) is 0 Å². The lowest BCUT2D eigenvalue weighted by Crippen LogP contribution is -2.34. The molecule has 1 aromatic heterocycles. The number of carbonyl (C=O) groups excluding carboxylic acids is 1. The van der Waals surface area contributed by atoms with E-state index in [1.165, 1.54) is 26.2 Å². The van der Waals surface area contributed by atoms with E-state index in [9.17, 15) is 10.1 Å². The van der Waals surface area contributed by atoms with E-state index in [4.69, 9.17) is 26.4 Å². The van der Waals surface area contributed by atoms with Gasteiger partial charge in [0.05, 0.1) is 26.9 Å². The Morgan fingerprint density at radius 3 is 2.33 bits per heavy atom. The first-order valence-corrected chi connectivity index (χ1v) is 11.8. The fourth-order valence-corrected chi connectivity index (χ4v) is 5.59. The summed E-state index contributed by atoms with van der Waals surface area (Å²) < 4.78 is 15.9. The molecule has 2 N–H and O–H groups in total. The first kappa shape index (κ1) is 24.8. The van der Waals surface area contributed by atoms with Crippen LogP contribution in [0, 0.1) is 22.7 Å². The Morgan fingerprint density at radius 1 is 1.18 bits per heavy atom. The molecule has 33 heavy (non-hydrogen) atoms. The normalized spacial score (nSPS) is 15.1. The molecule has 7 nitrogen and oxygen atoms in total. The highest BCUT2D eigenvalue weighted by molar-refractivity contribution is 7.80. The van der Waals surface area contributed by atoms with Gasteiger partial charge < -0.3 is 19.5 Å². The third kappa shape index (κ3) is 5.23. The lowest BCUT2D eigenvalue weighted by Gasteiger charge is -2.33. The van der Waals surface area contributed by atoms with Gasteiger partial charge in [-0.05, 0) is 60.5 Å². The van der Waals surface area contributed by atoms with Crippen LogP contribution in [-0.2, 0) is 12.8 Å². The molecule has 1 heterocycles. The fraction of sp³-hybridized carbons (Fsp3) is 0.458. The Bertz CT molecular complexity index is 1090. The molecule has 176 valence electrons. The Balaban J connectivity index is 1.78. The molecular weight excluding hydrogens is 458 g/mol. The second-order valence-corrected chi connectivity index (χ2v) is 10.5. The SMILES string of the molecule is COc1cc(C(=O)NC(=S)Nc2sc3c(c2C#N)CC[C@H](C(C)(C)C)C3)cc(OC)c1OC. The van der Waals surface area contributed by atoms with Gasteiger partial charge in [-0.2, -0.15) is 5.26 Å². The van der Waals surface area contributed by atoms with Crippen molar-refractivity contribution in [2.45, 2.75) is 40.0 Å². The number of thiophene rings is 1. The van der Waals surface area contributed by atoms with Crippen LogP contribution in [0.3, 0.4) is 0 Å². The van der Waals surface area contributed by atoms with Gasteiger partial charge in [0.1, 0.15) is 11.1 Å². The lowest BCUT2D eigenvalue weighted by atomic mass is 9.72. The standard InChI is InChI=1S/C24H29N3O4S2/c1-24(2,3)14-7-8-15-16(12-25)22(33-19(15)11-14)27-23(32)26-21(28)13-9-17(29-4)20(31-6)18(10-13)30-5/h9-10,14H,7-8,11H2,1-6H3,(H2,26,27,28,32)/t14-/m0/s1. The molecule has 1 aliphatic carbocycles. The van der Waals surface area contributed by atoms with Gasteiger partial charge in [-0.25, -0.2) is 0 Å². The topological polar surface area (TPSA) is 92.6 Å². The van der Waals surface area contributed by atoms with E-state index in [0.29, 0.717) is 39.3 Å². The van der Waals surface area contributed by atoms with Crippen LogP contribution in [0.15, 0.2) is 12.1 Å². The minimum Gasteiger partial charge on any atom is -0.493 e.